The summed E-state index contributed by atoms with van der Waals surface area (Å²) >= 11 is 9.22. The fourth-order valence-corrected chi connectivity index (χ4v) is 2.39. The minimum atomic E-state index is -0.435. The monoisotopic (exact) mass is 371 g/mol. The van der Waals surface area contributed by atoms with Crippen molar-refractivity contribution in [2.45, 2.75) is 25.8 Å². The van der Waals surface area contributed by atoms with E-state index < -0.39 is 5.82 Å². The molecule has 112 valence electrons. The van der Waals surface area contributed by atoms with E-state index in [1.54, 1.807) is 24.3 Å². The van der Waals surface area contributed by atoms with E-state index in [0.717, 1.165) is 12.0 Å². The Kier molecular flexibility index (Phi) is 5.62. The van der Waals surface area contributed by atoms with Gasteiger partial charge in [-0.1, -0.05) is 40.5 Å². The molecule has 0 saturated heterocycles. The van der Waals surface area contributed by atoms with Gasteiger partial charge in [0, 0.05) is 15.5 Å². The fraction of sp³-hybridized carbons (Fsp3) is 0.250. The van der Waals surface area contributed by atoms with Gasteiger partial charge in [0.2, 0.25) is 0 Å². The summed E-state index contributed by atoms with van der Waals surface area (Å²) in [6.45, 7) is 2.02. The molecule has 0 aliphatic heterocycles. The Morgan fingerprint density at radius 2 is 2.00 bits per heavy atom. The minimum absolute atomic E-state index is 0.0308. The maximum absolute atomic E-state index is 13.9. The third-order valence-electron chi connectivity index (χ3n) is 3.15. The largest absolute Gasteiger partial charge is 0.454 e. The molecule has 0 aliphatic carbocycles. The lowest BCUT2D eigenvalue weighted by Gasteiger charge is -2.15. The predicted octanol–water partition coefficient (Wildman–Crippen LogP) is 5.31. The topological polar surface area (TPSA) is 35.2 Å². The van der Waals surface area contributed by atoms with Crippen molar-refractivity contribution in [2.24, 2.45) is 5.73 Å². The van der Waals surface area contributed by atoms with Crippen LogP contribution in [-0.2, 0) is 6.42 Å². The highest BCUT2D eigenvalue weighted by Crippen LogP contribution is 2.31. The van der Waals surface area contributed by atoms with Gasteiger partial charge >= 0.3 is 0 Å². The first kappa shape index (κ1) is 16.3. The van der Waals surface area contributed by atoms with E-state index in [2.05, 4.69) is 15.9 Å². The summed E-state index contributed by atoms with van der Waals surface area (Å²) in [5, 5.41) is 0.538. The average Bonchev–Trinajstić information content (AvgIpc) is 2.44. The van der Waals surface area contributed by atoms with E-state index in [4.69, 9.17) is 22.1 Å². The lowest BCUT2D eigenvalue weighted by Crippen LogP contribution is -2.21. The predicted molar refractivity (Wildman–Crippen MR) is 87.6 cm³/mol. The maximum atomic E-state index is 13.9. The van der Waals surface area contributed by atoms with Crippen LogP contribution in [0, 0.1) is 5.82 Å². The van der Waals surface area contributed by atoms with Crippen molar-refractivity contribution in [1.82, 2.24) is 0 Å². The number of rotatable bonds is 5. The molecule has 2 N–H and O–H groups in total. The summed E-state index contributed by atoms with van der Waals surface area (Å²) in [6, 6.07) is 10.0. The van der Waals surface area contributed by atoms with Crippen molar-refractivity contribution < 1.29 is 9.13 Å². The molecule has 0 radical (unpaired) electrons. The minimum Gasteiger partial charge on any atom is -0.454 e. The lowest BCUT2D eigenvalue weighted by molar-refractivity contribution is 0.435. The van der Waals surface area contributed by atoms with Gasteiger partial charge in [0.25, 0.3) is 0 Å². The Bertz CT molecular complexity index is 636. The van der Waals surface area contributed by atoms with Gasteiger partial charge in [-0.2, -0.15) is 0 Å². The summed E-state index contributed by atoms with van der Waals surface area (Å²) in [5.41, 5.74) is 6.90. The van der Waals surface area contributed by atoms with Crippen LogP contribution in [0.2, 0.25) is 5.02 Å². The number of halogens is 3. The van der Waals surface area contributed by atoms with Crippen LogP contribution >= 0.6 is 27.5 Å². The molecule has 2 rings (SSSR count). The number of ether oxygens (including phenoxy) is 1. The van der Waals surface area contributed by atoms with Gasteiger partial charge in [-0.05, 0) is 48.7 Å². The van der Waals surface area contributed by atoms with Gasteiger partial charge in [-0.3, -0.25) is 0 Å². The summed E-state index contributed by atoms with van der Waals surface area (Å²) in [7, 11) is 0. The van der Waals surface area contributed by atoms with Gasteiger partial charge in [0.05, 0.1) is 0 Å². The van der Waals surface area contributed by atoms with Gasteiger partial charge in [0.1, 0.15) is 5.75 Å². The summed E-state index contributed by atoms with van der Waals surface area (Å²) < 4.78 is 20.2. The molecule has 2 nitrogen and oxygen atoms in total. The van der Waals surface area contributed by atoms with E-state index >= 15 is 0 Å². The highest BCUT2D eigenvalue weighted by Gasteiger charge is 2.12. The molecule has 0 fully saturated rings. The van der Waals surface area contributed by atoms with E-state index in [1.807, 2.05) is 13.0 Å². The van der Waals surface area contributed by atoms with Crippen LogP contribution in [0.4, 0.5) is 4.39 Å². The smallest absolute Gasteiger partial charge is 0.166 e. The van der Waals surface area contributed by atoms with Crippen LogP contribution in [-0.4, -0.2) is 6.04 Å². The molecule has 2 aromatic rings. The molecule has 0 saturated carbocycles. The van der Waals surface area contributed by atoms with Crippen molar-refractivity contribution in [3.63, 3.8) is 0 Å². The Balaban J connectivity index is 2.31. The molecule has 0 amide bonds. The first-order chi connectivity index (χ1) is 9.99. The van der Waals surface area contributed by atoms with Crippen LogP contribution in [0.5, 0.6) is 11.5 Å². The van der Waals surface area contributed by atoms with E-state index in [-0.39, 0.29) is 11.8 Å². The van der Waals surface area contributed by atoms with Crippen molar-refractivity contribution in [2.75, 3.05) is 0 Å². The molecule has 0 aliphatic rings. The Hall–Kier alpha value is -1.10. The highest BCUT2D eigenvalue weighted by atomic mass is 79.9. The second-order valence-corrected chi connectivity index (χ2v) is 6.15. The molecule has 1 atom stereocenters. The molecule has 2 aromatic carbocycles. The van der Waals surface area contributed by atoms with Crippen molar-refractivity contribution >= 4 is 27.5 Å². The van der Waals surface area contributed by atoms with E-state index in [0.29, 0.717) is 21.7 Å². The summed E-state index contributed by atoms with van der Waals surface area (Å²) in [6.07, 6.45) is 1.51. The number of benzene rings is 2. The number of nitrogens with two attached hydrogens (primary N) is 1. The maximum Gasteiger partial charge on any atom is 0.166 e. The molecule has 0 spiro atoms. The Labute approximate surface area is 137 Å². The third kappa shape index (κ3) is 4.43. The SMILES string of the molecule is CCC(N)Cc1ccc(Cl)cc1Oc1ccc(Br)cc1F. The molecular weight excluding hydrogens is 357 g/mol. The molecule has 0 aromatic heterocycles. The average molecular weight is 373 g/mol. The molecule has 0 bridgehead atoms. The number of hydrogen-bond donors (Lipinski definition) is 1. The molecule has 1 unspecified atom stereocenters. The lowest BCUT2D eigenvalue weighted by atomic mass is 10.0. The molecule has 5 heteroatoms. The molecule has 0 heterocycles. The van der Waals surface area contributed by atoms with E-state index in [9.17, 15) is 4.39 Å². The Morgan fingerprint density at radius 3 is 2.67 bits per heavy atom. The van der Waals surface area contributed by atoms with Crippen LogP contribution in [0.15, 0.2) is 40.9 Å². The standard InChI is InChI=1S/C16H16BrClFNO/c1-2-13(20)7-10-3-5-12(18)9-16(10)21-15-6-4-11(17)8-14(15)19/h3-6,8-9,13H,2,7,20H2,1H3. The van der Waals surface area contributed by atoms with Gasteiger partial charge < -0.3 is 10.5 Å². The summed E-state index contributed by atoms with van der Waals surface area (Å²) in [4.78, 5) is 0. The zero-order valence-corrected chi connectivity index (χ0v) is 13.9. The quantitative estimate of drug-likeness (QED) is 0.771. The first-order valence-corrected chi connectivity index (χ1v) is 7.83. The molecule has 21 heavy (non-hydrogen) atoms. The third-order valence-corrected chi connectivity index (χ3v) is 3.88. The second kappa shape index (κ2) is 7.25. The van der Waals surface area contributed by atoms with Crippen LogP contribution in [0.3, 0.4) is 0 Å². The Morgan fingerprint density at radius 1 is 1.24 bits per heavy atom. The van der Waals surface area contributed by atoms with Crippen LogP contribution in [0.1, 0.15) is 18.9 Å². The van der Waals surface area contributed by atoms with Crippen LogP contribution in [0.25, 0.3) is 0 Å². The van der Waals surface area contributed by atoms with Crippen molar-refractivity contribution in [3.8, 4) is 11.5 Å². The fourth-order valence-electron chi connectivity index (χ4n) is 1.90. The zero-order chi connectivity index (χ0) is 15.4. The van der Waals surface area contributed by atoms with Crippen LogP contribution < -0.4 is 10.5 Å². The second-order valence-electron chi connectivity index (χ2n) is 4.80. The van der Waals surface area contributed by atoms with E-state index in [1.165, 1.54) is 6.07 Å². The first-order valence-electron chi connectivity index (χ1n) is 6.66. The summed E-state index contributed by atoms with van der Waals surface area (Å²) in [5.74, 6) is 0.259. The van der Waals surface area contributed by atoms with Gasteiger partial charge in [-0.15, -0.1) is 0 Å². The highest BCUT2D eigenvalue weighted by molar-refractivity contribution is 9.10. The van der Waals surface area contributed by atoms with Gasteiger partial charge in [0.15, 0.2) is 11.6 Å². The number of hydrogen-bond acceptors (Lipinski definition) is 2. The zero-order valence-electron chi connectivity index (χ0n) is 11.6. The van der Waals surface area contributed by atoms with Crippen molar-refractivity contribution in [3.05, 3.63) is 57.3 Å². The normalized spacial score (nSPS) is 12.2. The van der Waals surface area contributed by atoms with Crippen molar-refractivity contribution in [1.29, 1.82) is 0 Å². The molecular formula is C16H16BrClFNO. The van der Waals surface area contributed by atoms with Gasteiger partial charge in [-0.25, -0.2) is 4.39 Å².